The van der Waals surface area contributed by atoms with Crippen LogP contribution in [0.25, 0.3) is 21.4 Å². The Bertz CT molecular complexity index is 866. The first-order chi connectivity index (χ1) is 9.28. The predicted molar refractivity (Wildman–Crippen MR) is 73.6 cm³/mol. The standard InChI is InChI=1S/C16H12N3/c1-11-4-3-5-12-9-18-10-13-8-14(17-2)6-7-15(13)19(18)16(11)12/h3-8,10H,9H2,1H3/q+1. The lowest BCUT2D eigenvalue weighted by Gasteiger charge is -2.01. The Kier molecular flexibility index (Phi) is 1.88. The second kappa shape index (κ2) is 3.46. The summed E-state index contributed by atoms with van der Waals surface area (Å²) in [6.45, 7) is 10.1. The molecule has 1 aliphatic heterocycles. The molecular formula is C16H12N3+. The van der Waals surface area contributed by atoms with Gasteiger partial charge in [-0.1, -0.05) is 24.3 Å². The van der Waals surface area contributed by atoms with Crippen LogP contribution in [-0.2, 0) is 6.54 Å². The van der Waals surface area contributed by atoms with E-state index in [9.17, 15) is 0 Å². The Morgan fingerprint density at radius 1 is 1.26 bits per heavy atom. The highest BCUT2D eigenvalue weighted by molar-refractivity contribution is 5.83. The summed E-state index contributed by atoms with van der Waals surface area (Å²) in [6, 6.07) is 12.3. The number of benzene rings is 2. The van der Waals surface area contributed by atoms with Gasteiger partial charge in [-0.2, -0.15) is 0 Å². The number of hydrogen-bond acceptors (Lipinski definition) is 0. The largest absolute Gasteiger partial charge is 0.238 e. The van der Waals surface area contributed by atoms with Crippen molar-refractivity contribution in [3.8, 4) is 5.69 Å². The zero-order chi connectivity index (χ0) is 13.0. The van der Waals surface area contributed by atoms with E-state index in [1.54, 1.807) is 0 Å². The molecule has 19 heavy (non-hydrogen) atoms. The van der Waals surface area contributed by atoms with E-state index in [0.717, 1.165) is 11.9 Å². The first kappa shape index (κ1) is 10.3. The monoisotopic (exact) mass is 246 g/mol. The third-order valence-electron chi connectivity index (χ3n) is 3.78. The van der Waals surface area contributed by atoms with E-state index in [0.29, 0.717) is 5.69 Å². The molecule has 1 aromatic heterocycles. The molecule has 4 rings (SSSR count). The van der Waals surface area contributed by atoms with Crippen molar-refractivity contribution in [1.82, 2.24) is 4.68 Å². The smallest absolute Gasteiger partial charge is 0.203 e. The molecule has 0 amide bonds. The van der Waals surface area contributed by atoms with Gasteiger partial charge >= 0.3 is 0 Å². The molecule has 3 aromatic rings. The van der Waals surface area contributed by atoms with Crippen molar-refractivity contribution in [2.45, 2.75) is 13.5 Å². The lowest BCUT2D eigenvalue weighted by molar-refractivity contribution is -0.749. The molecule has 0 spiro atoms. The fraction of sp³-hybridized carbons (Fsp3) is 0.125. The van der Waals surface area contributed by atoms with Gasteiger partial charge in [-0.15, -0.1) is 9.36 Å². The Labute approximate surface area is 111 Å². The second-order valence-corrected chi connectivity index (χ2v) is 4.98. The zero-order valence-corrected chi connectivity index (χ0v) is 10.6. The lowest BCUT2D eigenvalue weighted by atomic mass is 10.1. The number of para-hydroxylation sites is 1. The van der Waals surface area contributed by atoms with Gasteiger partial charge < -0.3 is 0 Å². The van der Waals surface area contributed by atoms with Crippen LogP contribution in [0.15, 0.2) is 42.6 Å². The van der Waals surface area contributed by atoms with Gasteiger partial charge in [0.15, 0.2) is 12.2 Å². The fourth-order valence-corrected chi connectivity index (χ4v) is 2.95. The van der Waals surface area contributed by atoms with Gasteiger partial charge in [-0.25, -0.2) is 4.85 Å². The zero-order valence-electron chi connectivity index (χ0n) is 10.6. The molecule has 0 saturated carbocycles. The van der Waals surface area contributed by atoms with Crippen LogP contribution < -0.4 is 4.68 Å². The maximum atomic E-state index is 7.10. The van der Waals surface area contributed by atoms with Crippen LogP contribution in [0.3, 0.4) is 0 Å². The Morgan fingerprint density at radius 2 is 2.16 bits per heavy atom. The first-order valence-corrected chi connectivity index (χ1v) is 6.29. The summed E-state index contributed by atoms with van der Waals surface area (Å²) in [5.74, 6) is 0. The second-order valence-electron chi connectivity index (χ2n) is 4.98. The highest BCUT2D eigenvalue weighted by Crippen LogP contribution is 2.29. The molecule has 3 heteroatoms. The first-order valence-electron chi connectivity index (χ1n) is 6.29. The maximum Gasteiger partial charge on any atom is 0.203 e. The molecular weight excluding hydrogens is 234 g/mol. The summed E-state index contributed by atoms with van der Waals surface area (Å²) in [5.41, 5.74) is 5.79. The van der Waals surface area contributed by atoms with Gasteiger partial charge in [0.25, 0.3) is 0 Å². The highest BCUT2D eigenvalue weighted by atomic mass is 15.4. The maximum absolute atomic E-state index is 7.10. The van der Waals surface area contributed by atoms with Crippen molar-refractivity contribution < 1.29 is 4.68 Å². The van der Waals surface area contributed by atoms with E-state index in [1.165, 1.54) is 22.3 Å². The van der Waals surface area contributed by atoms with Crippen molar-refractivity contribution in [2.24, 2.45) is 0 Å². The number of aromatic nitrogens is 2. The molecule has 2 aromatic carbocycles. The number of fused-ring (bicyclic) bond motifs is 5. The molecule has 0 unspecified atom stereocenters. The minimum atomic E-state index is 0.697. The van der Waals surface area contributed by atoms with Crippen molar-refractivity contribution in [1.29, 1.82) is 0 Å². The molecule has 0 bridgehead atoms. The average Bonchev–Trinajstić information content (AvgIpc) is 2.93. The Balaban J connectivity index is 2.09. The van der Waals surface area contributed by atoms with Gasteiger partial charge in [0.1, 0.15) is 11.2 Å². The quantitative estimate of drug-likeness (QED) is 0.334. The summed E-state index contributed by atoms with van der Waals surface area (Å²) in [7, 11) is 0. The number of aryl methyl sites for hydroxylation is 1. The van der Waals surface area contributed by atoms with Crippen LogP contribution in [0.1, 0.15) is 11.1 Å². The third kappa shape index (κ3) is 1.28. The molecule has 0 saturated heterocycles. The third-order valence-corrected chi connectivity index (χ3v) is 3.78. The van der Waals surface area contributed by atoms with Gasteiger partial charge in [0.2, 0.25) is 6.20 Å². The summed E-state index contributed by atoms with van der Waals surface area (Å²) < 4.78 is 4.48. The van der Waals surface area contributed by atoms with Crippen LogP contribution in [0.5, 0.6) is 0 Å². The van der Waals surface area contributed by atoms with E-state index in [2.05, 4.69) is 45.5 Å². The molecule has 1 aliphatic rings. The van der Waals surface area contributed by atoms with E-state index >= 15 is 0 Å². The molecule has 0 fully saturated rings. The van der Waals surface area contributed by atoms with Crippen LogP contribution >= 0.6 is 0 Å². The summed E-state index contributed by atoms with van der Waals surface area (Å²) in [5, 5.41) is 1.13. The van der Waals surface area contributed by atoms with Crippen LogP contribution in [0, 0.1) is 13.5 Å². The number of rotatable bonds is 0. The van der Waals surface area contributed by atoms with Gasteiger partial charge in [0, 0.05) is 5.56 Å². The number of hydrogen-bond donors (Lipinski definition) is 0. The van der Waals surface area contributed by atoms with Crippen LogP contribution in [-0.4, -0.2) is 4.68 Å². The Hall–Kier alpha value is -2.60. The van der Waals surface area contributed by atoms with E-state index in [1.807, 2.05) is 18.2 Å². The summed E-state index contributed by atoms with van der Waals surface area (Å²) >= 11 is 0. The van der Waals surface area contributed by atoms with Crippen molar-refractivity contribution in [2.75, 3.05) is 0 Å². The molecule has 0 atom stereocenters. The van der Waals surface area contributed by atoms with Gasteiger partial charge in [-0.3, -0.25) is 0 Å². The summed E-state index contributed by atoms with van der Waals surface area (Å²) in [4.78, 5) is 3.50. The van der Waals surface area contributed by atoms with Gasteiger partial charge in [0.05, 0.1) is 12.0 Å². The van der Waals surface area contributed by atoms with Crippen molar-refractivity contribution in [3.05, 3.63) is 65.1 Å². The predicted octanol–water partition coefficient (Wildman–Crippen LogP) is 3.14. The van der Waals surface area contributed by atoms with Gasteiger partial charge in [-0.05, 0) is 24.6 Å². The minimum absolute atomic E-state index is 0.697. The topological polar surface area (TPSA) is 13.2 Å². The molecule has 0 radical (unpaired) electrons. The molecule has 2 heterocycles. The minimum Gasteiger partial charge on any atom is -0.238 e. The normalized spacial score (nSPS) is 12.2. The SMILES string of the molecule is [C-]#[N+]c1ccc2c(c1)c[n+]1n2-c2c(C)cccc2C1. The van der Waals surface area contributed by atoms with Crippen molar-refractivity contribution in [3.63, 3.8) is 0 Å². The molecule has 90 valence electrons. The van der Waals surface area contributed by atoms with Crippen LogP contribution in [0.4, 0.5) is 5.69 Å². The summed E-state index contributed by atoms with van der Waals surface area (Å²) in [6.07, 6.45) is 2.13. The average molecular weight is 246 g/mol. The van der Waals surface area contributed by atoms with E-state index in [4.69, 9.17) is 6.57 Å². The number of nitrogens with zero attached hydrogens (tertiary/aromatic N) is 3. The molecule has 3 nitrogen and oxygen atoms in total. The van der Waals surface area contributed by atoms with Crippen molar-refractivity contribution >= 4 is 16.6 Å². The lowest BCUT2D eigenvalue weighted by Crippen LogP contribution is -2.36. The fourth-order valence-electron chi connectivity index (χ4n) is 2.95. The van der Waals surface area contributed by atoms with Crippen LogP contribution in [0.2, 0.25) is 0 Å². The highest BCUT2D eigenvalue weighted by Gasteiger charge is 2.28. The molecule has 0 N–H and O–H groups in total. The van der Waals surface area contributed by atoms with E-state index < -0.39 is 0 Å². The Morgan fingerprint density at radius 3 is 3.00 bits per heavy atom. The van der Waals surface area contributed by atoms with E-state index in [-0.39, 0.29) is 0 Å². The molecule has 0 aliphatic carbocycles.